The SMILES string of the molecule is Cc1cc(C)c(NC(=O)[C@H](C)Sc2ncn[nH]2)c(C)c1. The third-order valence-electron chi connectivity index (χ3n) is 2.98. The number of amides is 1. The van der Waals surface area contributed by atoms with Gasteiger partial charge >= 0.3 is 0 Å². The van der Waals surface area contributed by atoms with Crippen LogP contribution in [0.1, 0.15) is 23.6 Å². The van der Waals surface area contributed by atoms with Crippen molar-refractivity contribution >= 4 is 23.4 Å². The Bertz CT molecular complexity index is 587. The van der Waals surface area contributed by atoms with Gasteiger partial charge in [0.15, 0.2) is 5.16 Å². The summed E-state index contributed by atoms with van der Waals surface area (Å²) in [5.74, 6) is -0.0403. The largest absolute Gasteiger partial charge is 0.325 e. The molecule has 0 aliphatic rings. The Morgan fingerprint density at radius 3 is 2.50 bits per heavy atom. The number of nitrogens with one attached hydrogen (secondary N) is 2. The summed E-state index contributed by atoms with van der Waals surface area (Å²) in [6.07, 6.45) is 1.43. The molecule has 106 valence electrons. The van der Waals surface area contributed by atoms with Gasteiger partial charge in [-0.15, -0.1) is 0 Å². The Balaban J connectivity index is 2.08. The number of benzene rings is 1. The fourth-order valence-corrected chi connectivity index (χ4v) is 2.79. The monoisotopic (exact) mass is 290 g/mol. The van der Waals surface area contributed by atoms with E-state index in [1.165, 1.54) is 23.7 Å². The van der Waals surface area contributed by atoms with Crippen molar-refractivity contribution in [3.63, 3.8) is 0 Å². The summed E-state index contributed by atoms with van der Waals surface area (Å²) in [6, 6.07) is 4.13. The molecule has 0 radical (unpaired) electrons. The van der Waals surface area contributed by atoms with Gasteiger partial charge in [0, 0.05) is 5.69 Å². The van der Waals surface area contributed by atoms with Crippen LogP contribution < -0.4 is 5.32 Å². The summed E-state index contributed by atoms with van der Waals surface area (Å²) in [5, 5.41) is 9.90. The Hall–Kier alpha value is -1.82. The Kier molecular flexibility index (Phi) is 4.44. The highest BCUT2D eigenvalue weighted by Crippen LogP contribution is 2.24. The smallest absolute Gasteiger partial charge is 0.237 e. The number of anilines is 1. The van der Waals surface area contributed by atoms with Gasteiger partial charge in [0.1, 0.15) is 6.33 Å². The summed E-state index contributed by atoms with van der Waals surface area (Å²) in [5.41, 5.74) is 4.24. The standard InChI is InChI=1S/C14H18N4OS/c1-8-5-9(2)12(10(3)6-8)17-13(19)11(4)20-14-15-7-16-18-14/h5-7,11H,1-4H3,(H,17,19)(H,15,16,18)/t11-/m0/s1. The Morgan fingerprint density at radius 1 is 1.30 bits per heavy atom. The molecule has 0 saturated heterocycles. The summed E-state index contributed by atoms with van der Waals surface area (Å²) >= 11 is 1.35. The summed E-state index contributed by atoms with van der Waals surface area (Å²) in [7, 11) is 0. The third kappa shape index (κ3) is 3.39. The van der Waals surface area contributed by atoms with Crippen LogP contribution in [0.5, 0.6) is 0 Å². The van der Waals surface area contributed by atoms with Crippen molar-refractivity contribution in [2.75, 3.05) is 5.32 Å². The maximum atomic E-state index is 12.2. The zero-order chi connectivity index (χ0) is 14.7. The molecule has 1 aromatic carbocycles. The Labute approximate surface area is 122 Å². The number of hydrogen-bond acceptors (Lipinski definition) is 4. The average Bonchev–Trinajstić information content (AvgIpc) is 2.86. The van der Waals surface area contributed by atoms with Gasteiger partial charge in [-0.1, -0.05) is 29.5 Å². The zero-order valence-corrected chi connectivity index (χ0v) is 12.8. The van der Waals surface area contributed by atoms with Crippen LogP contribution in [0.3, 0.4) is 0 Å². The number of nitrogens with zero attached hydrogens (tertiary/aromatic N) is 2. The average molecular weight is 290 g/mol. The second-order valence-corrected chi connectivity index (χ2v) is 6.14. The molecule has 2 N–H and O–H groups in total. The normalized spacial score (nSPS) is 12.2. The molecule has 0 aliphatic carbocycles. The lowest BCUT2D eigenvalue weighted by atomic mass is 10.1. The van der Waals surface area contributed by atoms with Gasteiger partial charge in [-0.05, 0) is 38.8 Å². The maximum Gasteiger partial charge on any atom is 0.237 e. The lowest BCUT2D eigenvalue weighted by Crippen LogP contribution is -2.23. The number of rotatable bonds is 4. The molecule has 5 nitrogen and oxygen atoms in total. The zero-order valence-electron chi connectivity index (χ0n) is 12.0. The van der Waals surface area contributed by atoms with E-state index in [1.54, 1.807) is 0 Å². The molecule has 0 spiro atoms. The molecule has 0 aliphatic heterocycles. The first-order valence-corrected chi connectivity index (χ1v) is 7.26. The number of aromatic amines is 1. The first-order valence-electron chi connectivity index (χ1n) is 6.38. The van der Waals surface area contributed by atoms with Crippen LogP contribution in [0.4, 0.5) is 5.69 Å². The molecule has 0 bridgehead atoms. The van der Waals surface area contributed by atoms with Crippen molar-refractivity contribution in [2.24, 2.45) is 0 Å². The van der Waals surface area contributed by atoms with Gasteiger partial charge in [0.05, 0.1) is 5.25 Å². The van der Waals surface area contributed by atoms with E-state index in [-0.39, 0.29) is 11.2 Å². The van der Waals surface area contributed by atoms with Crippen molar-refractivity contribution in [2.45, 2.75) is 38.1 Å². The number of thioether (sulfide) groups is 1. The maximum absolute atomic E-state index is 12.2. The minimum Gasteiger partial charge on any atom is -0.325 e. The third-order valence-corrected chi connectivity index (χ3v) is 3.96. The lowest BCUT2D eigenvalue weighted by Gasteiger charge is -2.15. The van der Waals surface area contributed by atoms with E-state index >= 15 is 0 Å². The van der Waals surface area contributed by atoms with Crippen molar-refractivity contribution in [1.82, 2.24) is 15.2 Å². The van der Waals surface area contributed by atoms with Crippen LogP contribution >= 0.6 is 11.8 Å². The van der Waals surface area contributed by atoms with Crippen LogP contribution in [0.2, 0.25) is 0 Å². The van der Waals surface area contributed by atoms with E-state index in [4.69, 9.17) is 0 Å². The molecule has 0 unspecified atom stereocenters. The fraction of sp³-hybridized carbons (Fsp3) is 0.357. The van der Waals surface area contributed by atoms with E-state index in [1.807, 2.05) is 27.7 Å². The van der Waals surface area contributed by atoms with Gasteiger partial charge < -0.3 is 5.32 Å². The second kappa shape index (κ2) is 6.09. The van der Waals surface area contributed by atoms with Crippen molar-refractivity contribution in [3.8, 4) is 0 Å². The topological polar surface area (TPSA) is 70.7 Å². The van der Waals surface area contributed by atoms with Crippen molar-refractivity contribution in [1.29, 1.82) is 0 Å². The van der Waals surface area contributed by atoms with E-state index in [0.717, 1.165) is 16.8 Å². The van der Waals surface area contributed by atoms with E-state index in [2.05, 4.69) is 32.6 Å². The number of carbonyl (C=O) groups excluding carboxylic acids is 1. The molecule has 1 amide bonds. The van der Waals surface area contributed by atoms with Gasteiger partial charge in [-0.25, -0.2) is 4.98 Å². The van der Waals surface area contributed by atoms with Gasteiger partial charge in [-0.2, -0.15) is 5.10 Å². The molecular formula is C14H18N4OS. The second-order valence-electron chi connectivity index (χ2n) is 4.81. The predicted octanol–water partition coefficient (Wildman–Crippen LogP) is 2.85. The van der Waals surface area contributed by atoms with Crippen LogP contribution in [0.15, 0.2) is 23.6 Å². The lowest BCUT2D eigenvalue weighted by molar-refractivity contribution is -0.115. The van der Waals surface area contributed by atoms with Crippen LogP contribution in [0.25, 0.3) is 0 Å². The Morgan fingerprint density at radius 2 is 1.95 bits per heavy atom. The molecule has 0 saturated carbocycles. The van der Waals surface area contributed by atoms with E-state index in [9.17, 15) is 4.79 Å². The molecule has 6 heteroatoms. The summed E-state index contributed by atoms with van der Waals surface area (Å²) in [4.78, 5) is 16.2. The number of hydrogen-bond donors (Lipinski definition) is 2. The molecule has 1 heterocycles. The van der Waals surface area contributed by atoms with Crippen molar-refractivity contribution in [3.05, 3.63) is 35.2 Å². The molecular weight excluding hydrogens is 272 g/mol. The molecule has 2 aromatic rings. The number of aromatic nitrogens is 3. The minimum atomic E-state index is -0.247. The number of carbonyl (C=O) groups is 1. The van der Waals surface area contributed by atoms with Crippen LogP contribution in [0, 0.1) is 20.8 Å². The van der Waals surface area contributed by atoms with Gasteiger partial charge in [0.2, 0.25) is 5.91 Å². The van der Waals surface area contributed by atoms with Gasteiger partial charge in [-0.3, -0.25) is 9.89 Å². The van der Waals surface area contributed by atoms with E-state index < -0.39 is 0 Å². The predicted molar refractivity (Wildman–Crippen MR) is 81.0 cm³/mol. The summed E-state index contributed by atoms with van der Waals surface area (Å²) < 4.78 is 0. The molecule has 1 aromatic heterocycles. The highest BCUT2D eigenvalue weighted by molar-refractivity contribution is 8.00. The minimum absolute atomic E-state index is 0.0403. The molecule has 1 atom stereocenters. The van der Waals surface area contributed by atoms with Crippen LogP contribution in [-0.4, -0.2) is 26.3 Å². The van der Waals surface area contributed by atoms with E-state index in [0.29, 0.717) is 5.16 Å². The molecule has 0 fully saturated rings. The van der Waals surface area contributed by atoms with Crippen molar-refractivity contribution < 1.29 is 4.79 Å². The number of H-pyrrole nitrogens is 1. The molecule has 2 rings (SSSR count). The quantitative estimate of drug-likeness (QED) is 0.849. The highest BCUT2D eigenvalue weighted by atomic mass is 32.2. The van der Waals surface area contributed by atoms with Gasteiger partial charge in [0.25, 0.3) is 0 Å². The first-order chi connectivity index (χ1) is 9.47. The van der Waals surface area contributed by atoms with Crippen LogP contribution in [-0.2, 0) is 4.79 Å². The first kappa shape index (κ1) is 14.6. The fourth-order valence-electron chi connectivity index (χ4n) is 2.07. The highest BCUT2D eigenvalue weighted by Gasteiger charge is 2.17. The number of aryl methyl sites for hydroxylation is 3. The summed E-state index contributed by atoms with van der Waals surface area (Å²) in [6.45, 7) is 7.91. The molecule has 20 heavy (non-hydrogen) atoms.